The molecule has 2 aromatic rings. The number of carboxylic acids is 1. The zero-order chi connectivity index (χ0) is 25.8. The van der Waals surface area contributed by atoms with Gasteiger partial charge in [0.2, 0.25) is 23.6 Å². The van der Waals surface area contributed by atoms with Crippen LogP contribution in [0.1, 0.15) is 24.1 Å². The van der Waals surface area contributed by atoms with Gasteiger partial charge in [-0.3, -0.25) is 24.0 Å². The number of aromatic amines is 1. The molecule has 2 rings (SSSR count). The number of carbonyl (C=O) groups is 5. The lowest BCUT2D eigenvalue weighted by atomic mass is 10.0. The predicted octanol–water partition coefficient (Wildman–Crippen LogP) is -2.04. The molecular weight excluding hydrogens is 458 g/mol. The van der Waals surface area contributed by atoms with Gasteiger partial charge in [-0.1, -0.05) is 30.3 Å². The van der Waals surface area contributed by atoms with E-state index in [9.17, 15) is 24.0 Å². The molecule has 0 saturated heterocycles. The fourth-order valence-electron chi connectivity index (χ4n) is 3.15. The van der Waals surface area contributed by atoms with E-state index in [1.54, 1.807) is 30.3 Å². The zero-order valence-corrected chi connectivity index (χ0v) is 18.9. The van der Waals surface area contributed by atoms with E-state index in [2.05, 4.69) is 25.9 Å². The first-order valence-electron chi connectivity index (χ1n) is 10.8. The number of primary amides is 1. The Hall–Kier alpha value is -4.26. The molecule has 35 heavy (non-hydrogen) atoms. The molecule has 0 fully saturated rings. The monoisotopic (exact) mass is 487 g/mol. The number of H-pyrrole nitrogens is 1. The SMILES string of the molecule is NC(=O)CCC(N)C(=O)NC(Cc1ccccc1)C(=O)NC(Cc1cnc[nH]1)C(=O)NCC(=O)O. The Morgan fingerprint density at radius 3 is 2.23 bits per heavy atom. The van der Waals surface area contributed by atoms with E-state index in [1.165, 1.54) is 12.5 Å². The Balaban J connectivity index is 2.18. The number of imidazole rings is 1. The fourth-order valence-corrected chi connectivity index (χ4v) is 3.15. The smallest absolute Gasteiger partial charge is 0.322 e. The van der Waals surface area contributed by atoms with Crippen molar-refractivity contribution >= 4 is 29.6 Å². The van der Waals surface area contributed by atoms with Gasteiger partial charge in [0.05, 0.1) is 12.4 Å². The molecule has 13 heteroatoms. The molecule has 0 bridgehead atoms. The average Bonchev–Trinajstić information content (AvgIpc) is 3.33. The number of amides is 4. The molecule has 0 saturated carbocycles. The Kier molecular flexibility index (Phi) is 10.4. The molecule has 0 radical (unpaired) electrons. The van der Waals surface area contributed by atoms with Crippen LogP contribution in [0.4, 0.5) is 0 Å². The lowest BCUT2D eigenvalue weighted by Gasteiger charge is -2.24. The summed E-state index contributed by atoms with van der Waals surface area (Å²) in [7, 11) is 0. The van der Waals surface area contributed by atoms with Crippen LogP contribution in [-0.4, -0.2) is 69.3 Å². The van der Waals surface area contributed by atoms with Crippen LogP contribution in [0.15, 0.2) is 42.9 Å². The van der Waals surface area contributed by atoms with Crippen LogP contribution >= 0.6 is 0 Å². The van der Waals surface area contributed by atoms with Crippen molar-refractivity contribution in [2.45, 2.75) is 43.8 Å². The van der Waals surface area contributed by atoms with Gasteiger partial charge in [-0.25, -0.2) is 4.98 Å². The van der Waals surface area contributed by atoms with Crippen LogP contribution in [0.25, 0.3) is 0 Å². The summed E-state index contributed by atoms with van der Waals surface area (Å²) in [5.41, 5.74) is 12.2. The highest BCUT2D eigenvalue weighted by atomic mass is 16.4. The number of benzene rings is 1. The molecular formula is C22H29N7O6. The van der Waals surface area contributed by atoms with E-state index in [0.29, 0.717) is 5.69 Å². The van der Waals surface area contributed by atoms with E-state index in [4.69, 9.17) is 16.6 Å². The third-order valence-corrected chi connectivity index (χ3v) is 4.98. The highest BCUT2D eigenvalue weighted by Gasteiger charge is 2.29. The van der Waals surface area contributed by atoms with Crippen molar-refractivity contribution in [2.75, 3.05) is 6.54 Å². The molecule has 0 aliphatic rings. The summed E-state index contributed by atoms with van der Waals surface area (Å²) in [5, 5.41) is 16.2. The Labute approximate surface area is 201 Å². The number of aromatic nitrogens is 2. The topological polar surface area (TPSA) is 222 Å². The van der Waals surface area contributed by atoms with Crippen molar-refractivity contribution in [1.29, 1.82) is 0 Å². The summed E-state index contributed by atoms with van der Waals surface area (Å²) < 4.78 is 0. The number of rotatable bonds is 14. The van der Waals surface area contributed by atoms with Gasteiger partial charge in [0.25, 0.3) is 0 Å². The molecule has 1 aromatic heterocycles. The number of carbonyl (C=O) groups excluding carboxylic acids is 4. The number of aliphatic carboxylic acids is 1. The lowest BCUT2D eigenvalue weighted by Crippen LogP contribution is -2.57. The van der Waals surface area contributed by atoms with Crippen LogP contribution in [0.5, 0.6) is 0 Å². The van der Waals surface area contributed by atoms with Crippen molar-refractivity contribution in [3.8, 4) is 0 Å². The third-order valence-electron chi connectivity index (χ3n) is 4.98. The quantitative estimate of drug-likeness (QED) is 0.157. The van der Waals surface area contributed by atoms with Gasteiger partial charge < -0.3 is 37.5 Å². The van der Waals surface area contributed by atoms with Crippen molar-refractivity contribution < 1.29 is 29.1 Å². The molecule has 0 aliphatic heterocycles. The predicted molar refractivity (Wildman–Crippen MR) is 123 cm³/mol. The largest absolute Gasteiger partial charge is 0.480 e. The van der Waals surface area contributed by atoms with Gasteiger partial charge in [-0.05, 0) is 12.0 Å². The molecule has 1 aromatic carbocycles. The van der Waals surface area contributed by atoms with Gasteiger partial charge in [0, 0.05) is 31.2 Å². The number of nitrogens with one attached hydrogen (secondary N) is 4. The minimum atomic E-state index is -1.25. The first kappa shape index (κ1) is 27.0. The molecule has 1 heterocycles. The standard InChI is InChI=1S/C22H29N7O6/c23-15(6-7-18(24)30)20(33)28-16(8-13-4-2-1-3-5-13)22(35)29-17(9-14-10-25-12-27-14)21(34)26-11-19(31)32/h1-5,10,12,15-17H,6-9,11,23H2,(H2,24,30)(H,25,27)(H,26,34)(H,28,33)(H,29,35)(H,31,32). The van der Waals surface area contributed by atoms with Gasteiger partial charge in [0.15, 0.2) is 0 Å². The minimum Gasteiger partial charge on any atom is -0.480 e. The summed E-state index contributed by atoms with van der Waals surface area (Å²) in [4.78, 5) is 66.9. The van der Waals surface area contributed by atoms with Crippen LogP contribution in [-0.2, 0) is 36.8 Å². The normalized spacial score (nSPS) is 13.2. The molecule has 3 unspecified atom stereocenters. The Bertz CT molecular complexity index is 1010. The highest BCUT2D eigenvalue weighted by molar-refractivity contribution is 5.94. The van der Waals surface area contributed by atoms with E-state index < -0.39 is 54.3 Å². The molecule has 13 nitrogen and oxygen atoms in total. The first-order chi connectivity index (χ1) is 16.7. The van der Waals surface area contributed by atoms with E-state index in [-0.39, 0.29) is 25.7 Å². The van der Waals surface area contributed by atoms with Crippen LogP contribution < -0.4 is 27.4 Å². The van der Waals surface area contributed by atoms with E-state index >= 15 is 0 Å². The second kappa shape index (κ2) is 13.4. The number of nitrogens with zero attached hydrogens (tertiary/aromatic N) is 1. The maximum Gasteiger partial charge on any atom is 0.322 e. The number of nitrogens with two attached hydrogens (primary N) is 2. The zero-order valence-electron chi connectivity index (χ0n) is 18.9. The molecule has 188 valence electrons. The summed E-state index contributed by atoms with van der Waals surface area (Å²) in [6, 6.07) is 5.53. The van der Waals surface area contributed by atoms with Crippen LogP contribution in [0, 0.1) is 0 Å². The summed E-state index contributed by atoms with van der Waals surface area (Å²) >= 11 is 0. The molecule has 0 spiro atoms. The van der Waals surface area contributed by atoms with Gasteiger partial charge in [0.1, 0.15) is 18.6 Å². The van der Waals surface area contributed by atoms with Crippen molar-refractivity contribution in [3.63, 3.8) is 0 Å². The fraction of sp³-hybridized carbons (Fsp3) is 0.364. The number of hydrogen-bond donors (Lipinski definition) is 7. The van der Waals surface area contributed by atoms with Gasteiger partial charge >= 0.3 is 5.97 Å². The lowest BCUT2D eigenvalue weighted by molar-refractivity contribution is -0.138. The van der Waals surface area contributed by atoms with Crippen molar-refractivity contribution in [3.05, 3.63) is 54.1 Å². The van der Waals surface area contributed by atoms with E-state index in [0.717, 1.165) is 5.56 Å². The van der Waals surface area contributed by atoms with Crippen LogP contribution in [0.3, 0.4) is 0 Å². The van der Waals surface area contributed by atoms with Crippen LogP contribution in [0.2, 0.25) is 0 Å². The van der Waals surface area contributed by atoms with Crippen molar-refractivity contribution in [1.82, 2.24) is 25.9 Å². The second-order valence-corrected chi connectivity index (χ2v) is 7.82. The third kappa shape index (κ3) is 9.63. The van der Waals surface area contributed by atoms with Crippen molar-refractivity contribution in [2.24, 2.45) is 11.5 Å². The first-order valence-corrected chi connectivity index (χ1v) is 10.8. The Morgan fingerprint density at radius 2 is 1.63 bits per heavy atom. The Morgan fingerprint density at radius 1 is 0.971 bits per heavy atom. The number of carboxylic acid groups (broad SMARTS) is 1. The molecule has 3 atom stereocenters. The number of hydrogen-bond acceptors (Lipinski definition) is 7. The second-order valence-electron chi connectivity index (χ2n) is 7.82. The maximum atomic E-state index is 13.2. The minimum absolute atomic E-state index is 0.000879. The molecule has 0 aliphatic carbocycles. The average molecular weight is 488 g/mol. The summed E-state index contributed by atoms with van der Waals surface area (Å²) in [5.74, 6) is -3.93. The summed E-state index contributed by atoms with van der Waals surface area (Å²) in [6.45, 7) is -0.632. The van der Waals surface area contributed by atoms with Gasteiger partial charge in [-0.15, -0.1) is 0 Å². The highest BCUT2D eigenvalue weighted by Crippen LogP contribution is 2.07. The van der Waals surface area contributed by atoms with E-state index in [1.807, 2.05) is 0 Å². The molecule has 9 N–H and O–H groups in total. The summed E-state index contributed by atoms with van der Waals surface area (Å²) in [6.07, 6.45) is 2.86. The van der Waals surface area contributed by atoms with Gasteiger partial charge in [-0.2, -0.15) is 0 Å². The maximum absolute atomic E-state index is 13.2. The molecule has 4 amide bonds.